The Morgan fingerprint density at radius 3 is 2.44 bits per heavy atom. The van der Waals surface area contributed by atoms with Crippen LogP contribution in [-0.2, 0) is 16.0 Å². The van der Waals surface area contributed by atoms with Crippen LogP contribution in [0.5, 0.6) is 0 Å². The van der Waals surface area contributed by atoms with Gasteiger partial charge in [0.1, 0.15) is 5.82 Å². The Morgan fingerprint density at radius 2 is 1.80 bits per heavy atom. The van der Waals surface area contributed by atoms with Crippen molar-refractivity contribution in [3.05, 3.63) is 70.0 Å². The van der Waals surface area contributed by atoms with E-state index in [1.54, 1.807) is 12.1 Å². The predicted octanol–water partition coefficient (Wildman–Crippen LogP) is 3.31. The molecule has 1 saturated heterocycles. The topological polar surface area (TPSA) is 50.7 Å². The third kappa shape index (κ3) is 4.25. The molecule has 2 aromatic carbocycles. The molecule has 1 fully saturated rings. The van der Waals surface area contributed by atoms with E-state index >= 15 is 0 Å². The molecule has 0 radical (unpaired) electrons. The average molecular weight is 345 g/mol. The molecule has 1 aliphatic heterocycles. The van der Waals surface area contributed by atoms with Gasteiger partial charge >= 0.3 is 0 Å². The van der Waals surface area contributed by atoms with Crippen molar-refractivity contribution in [1.29, 1.82) is 0 Å². The number of aliphatic hydroxyl groups excluding tert-OH is 1. The minimum atomic E-state index is -0.279. The number of rotatable bonds is 6. The predicted molar refractivity (Wildman–Crippen MR) is 93.6 cm³/mol. The van der Waals surface area contributed by atoms with Gasteiger partial charge in [0, 0.05) is 12.1 Å². The zero-order valence-corrected chi connectivity index (χ0v) is 14.6. The fourth-order valence-electron chi connectivity index (χ4n) is 3.10. The standard InChI is InChI=1S/C20H24FNO3/c1-13-10-18(20-24-7-8-25-20)14(2)9-16(13)11-22-19(12-23)15-3-5-17(21)6-4-15/h3-6,9-10,19-20,22-23H,7-8,11-12H2,1-2H3. The number of benzene rings is 2. The van der Waals surface area contributed by atoms with Gasteiger partial charge in [-0.3, -0.25) is 0 Å². The molecule has 5 heteroatoms. The van der Waals surface area contributed by atoms with E-state index in [9.17, 15) is 9.50 Å². The van der Waals surface area contributed by atoms with Gasteiger partial charge < -0.3 is 19.9 Å². The van der Waals surface area contributed by atoms with Crippen molar-refractivity contribution in [1.82, 2.24) is 5.32 Å². The van der Waals surface area contributed by atoms with Gasteiger partial charge in [-0.25, -0.2) is 4.39 Å². The highest BCUT2D eigenvalue weighted by atomic mass is 19.1. The van der Waals surface area contributed by atoms with Crippen LogP contribution < -0.4 is 5.32 Å². The van der Waals surface area contributed by atoms with Gasteiger partial charge in [0.05, 0.1) is 25.9 Å². The summed E-state index contributed by atoms with van der Waals surface area (Å²) in [5.41, 5.74) is 5.35. The van der Waals surface area contributed by atoms with Gasteiger partial charge in [0.15, 0.2) is 6.29 Å². The Labute approximate surface area is 147 Å². The first kappa shape index (κ1) is 18.0. The molecule has 0 amide bonds. The summed E-state index contributed by atoms with van der Waals surface area (Å²) in [7, 11) is 0. The smallest absolute Gasteiger partial charge is 0.184 e. The first-order valence-corrected chi connectivity index (χ1v) is 8.51. The lowest BCUT2D eigenvalue weighted by molar-refractivity contribution is -0.0445. The Morgan fingerprint density at radius 1 is 1.12 bits per heavy atom. The molecule has 3 rings (SSSR count). The molecule has 1 unspecified atom stereocenters. The van der Waals surface area contributed by atoms with Crippen LogP contribution in [-0.4, -0.2) is 24.9 Å². The second-order valence-corrected chi connectivity index (χ2v) is 6.38. The number of aliphatic hydroxyl groups is 1. The van der Waals surface area contributed by atoms with Gasteiger partial charge in [-0.15, -0.1) is 0 Å². The van der Waals surface area contributed by atoms with Crippen molar-refractivity contribution < 1.29 is 19.0 Å². The molecule has 4 nitrogen and oxygen atoms in total. The third-order valence-electron chi connectivity index (χ3n) is 4.59. The van der Waals surface area contributed by atoms with Crippen molar-refractivity contribution in [2.75, 3.05) is 19.8 Å². The summed E-state index contributed by atoms with van der Waals surface area (Å²) in [5.74, 6) is -0.279. The monoisotopic (exact) mass is 345 g/mol. The van der Waals surface area contributed by atoms with Crippen LogP contribution in [0.25, 0.3) is 0 Å². The Balaban J connectivity index is 1.71. The molecular formula is C20H24FNO3. The number of nitrogens with one attached hydrogen (secondary N) is 1. The summed E-state index contributed by atoms with van der Waals surface area (Å²) in [6.07, 6.45) is -0.273. The Kier molecular flexibility index (Phi) is 5.81. The van der Waals surface area contributed by atoms with E-state index in [4.69, 9.17) is 9.47 Å². The second-order valence-electron chi connectivity index (χ2n) is 6.38. The minimum absolute atomic E-state index is 0.0501. The van der Waals surface area contributed by atoms with Crippen LogP contribution in [0, 0.1) is 19.7 Å². The summed E-state index contributed by atoms with van der Waals surface area (Å²) in [4.78, 5) is 0. The Hall–Kier alpha value is -1.79. The molecule has 1 aliphatic rings. The molecule has 2 aromatic rings. The summed E-state index contributed by atoms with van der Waals surface area (Å²) in [6.45, 7) is 5.92. The first-order chi connectivity index (χ1) is 12.1. The van der Waals surface area contributed by atoms with Crippen molar-refractivity contribution >= 4 is 0 Å². The van der Waals surface area contributed by atoms with E-state index in [0.717, 1.165) is 27.8 Å². The first-order valence-electron chi connectivity index (χ1n) is 8.51. The molecule has 0 saturated carbocycles. The number of ether oxygens (including phenoxy) is 2. The molecule has 0 bridgehead atoms. The molecular weight excluding hydrogens is 321 g/mol. The van der Waals surface area contributed by atoms with Crippen LogP contribution in [0.3, 0.4) is 0 Å². The zero-order chi connectivity index (χ0) is 17.8. The van der Waals surface area contributed by atoms with Crippen LogP contribution in [0.15, 0.2) is 36.4 Å². The molecule has 0 aliphatic carbocycles. The van der Waals surface area contributed by atoms with Crippen molar-refractivity contribution in [2.45, 2.75) is 32.7 Å². The van der Waals surface area contributed by atoms with E-state index in [2.05, 4.69) is 24.4 Å². The number of hydrogen-bond acceptors (Lipinski definition) is 4. The average Bonchev–Trinajstić information content (AvgIpc) is 3.13. The molecule has 1 atom stereocenters. The quantitative estimate of drug-likeness (QED) is 0.843. The lowest BCUT2D eigenvalue weighted by Gasteiger charge is -2.20. The lowest BCUT2D eigenvalue weighted by atomic mass is 9.99. The lowest BCUT2D eigenvalue weighted by Crippen LogP contribution is -2.24. The highest BCUT2D eigenvalue weighted by molar-refractivity contribution is 5.38. The molecule has 0 spiro atoms. The van der Waals surface area contributed by atoms with Crippen LogP contribution in [0.4, 0.5) is 4.39 Å². The normalized spacial score (nSPS) is 16.3. The second kappa shape index (κ2) is 8.06. The van der Waals surface area contributed by atoms with Gasteiger partial charge in [0.2, 0.25) is 0 Å². The van der Waals surface area contributed by atoms with Crippen LogP contribution >= 0.6 is 0 Å². The van der Waals surface area contributed by atoms with Crippen molar-refractivity contribution in [2.24, 2.45) is 0 Å². The van der Waals surface area contributed by atoms with Gasteiger partial charge in [-0.05, 0) is 48.2 Å². The van der Waals surface area contributed by atoms with E-state index < -0.39 is 0 Å². The van der Waals surface area contributed by atoms with Crippen LogP contribution in [0.1, 0.15) is 40.1 Å². The van der Waals surface area contributed by atoms with E-state index in [0.29, 0.717) is 19.8 Å². The van der Waals surface area contributed by atoms with Gasteiger partial charge in [-0.2, -0.15) is 0 Å². The van der Waals surface area contributed by atoms with E-state index in [-0.39, 0.29) is 24.8 Å². The molecule has 1 heterocycles. The fraction of sp³-hybridized carbons (Fsp3) is 0.400. The summed E-state index contributed by atoms with van der Waals surface area (Å²) < 4.78 is 24.3. The minimum Gasteiger partial charge on any atom is -0.394 e. The summed E-state index contributed by atoms with van der Waals surface area (Å²) in [5, 5.41) is 13.0. The largest absolute Gasteiger partial charge is 0.394 e. The van der Waals surface area contributed by atoms with Gasteiger partial charge in [-0.1, -0.05) is 24.3 Å². The summed E-state index contributed by atoms with van der Waals surface area (Å²) >= 11 is 0. The molecule has 25 heavy (non-hydrogen) atoms. The fourth-order valence-corrected chi connectivity index (χ4v) is 3.10. The third-order valence-corrected chi connectivity index (χ3v) is 4.59. The zero-order valence-electron chi connectivity index (χ0n) is 14.6. The SMILES string of the molecule is Cc1cc(C2OCCO2)c(C)cc1CNC(CO)c1ccc(F)cc1. The maximum atomic E-state index is 13.1. The maximum absolute atomic E-state index is 13.1. The number of aryl methyl sites for hydroxylation is 2. The number of hydrogen-bond donors (Lipinski definition) is 2. The maximum Gasteiger partial charge on any atom is 0.184 e. The van der Waals surface area contributed by atoms with Crippen molar-refractivity contribution in [3.63, 3.8) is 0 Å². The summed E-state index contributed by atoms with van der Waals surface area (Å²) in [6, 6.07) is 10.2. The highest BCUT2D eigenvalue weighted by Gasteiger charge is 2.21. The Bertz CT molecular complexity index is 712. The molecule has 2 N–H and O–H groups in total. The molecule has 0 aromatic heterocycles. The van der Waals surface area contributed by atoms with Crippen molar-refractivity contribution in [3.8, 4) is 0 Å². The highest BCUT2D eigenvalue weighted by Crippen LogP contribution is 2.28. The molecule has 134 valence electrons. The number of halogens is 1. The van der Waals surface area contributed by atoms with E-state index in [1.165, 1.54) is 12.1 Å². The van der Waals surface area contributed by atoms with Crippen LogP contribution in [0.2, 0.25) is 0 Å². The van der Waals surface area contributed by atoms with E-state index in [1.807, 2.05) is 6.92 Å². The van der Waals surface area contributed by atoms with Gasteiger partial charge in [0.25, 0.3) is 0 Å².